The van der Waals surface area contributed by atoms with Crippen molar-refractivity contribution in [2.75, 3.05) is 0 Å². The second-order valence-corrected chi connectivity index (χ2v) is 10.1. The lowest BCUT2D eigenvalue weighted by molar-refractivity contribution is 0.669. The van der Waals surface area contributed by atoms with Gasteiger partial charge in [-0.25, -0.2) is 15.0 Å². The van der Waals surface area contributed by atoms with E-state index < -0.39 is 0 Å². The van der Waals surface area contributed by atoms with Crippen molar-refractivity contribution >= 4 is 34.1 Å². The van der Waals surface area contributed by atoms with Crippen LogP contribution in [-0.4, -0.2) is 15.0 Å². The number of hydrogen-bond acceptors (Lipinski definition) is 4. The first-order chi connectivity index (χ1) is 20.7. The first kappa shape index (κ1) is 25.4. The lowest BCUT2D eigenvalue weighted by Gasteiger charge is -2.09. The second-order valence-electron chi connectivity index (χ2n) is 10.1. The topological polar surface area (TPSA) is 51.8 Å². The average molecular weight is 542 g/mol. The van der Waals surface area contributed by atoms with Crippen LogP contribution in [0.5, 0.6) is 0 Å². The fraction of sp³-hybridized carbons (Fsp3) is 0.0263. The quantitative estimate of drug-likeness (QED) is 0.197. The van der Waals surface area contributed by atoms with Crippen LogP contribution >= 0.6 is 0 Å². The van der Waals surface area contributed by atoms with Gasteiger partial charge in [0.1, 0.15) is 11.2 Å². The third kappa shape index (κ3) is 5.02. The third-order valence-corrected chi connectivity index (χ3v) is 7.33. The maximum atomic E-state index is 6.35. The van der Waals surface area contributed by atoms with Gasteiger partial charge in [-0.15, -0.1) is 0 Å². The monoisotopic (exact) mass is 541 g/mol. The summed E-state index contributed by atoms with van der Waals surface area (Å²) in [7, 11) is 0. The highest BCUT2D eigenvalue weighted by molar-refractivity contribution is 6.12. The third-order valence-electron chi connectivity index (χ3n) is 7.33. The van der Waals surface area contributed by atoms with Gasteiger partial charge in [-0.1, -0.05) is 127 Å². The summed E-state index contributed by atoms with van der Waals surface area (Å²) in [6.45, 7) is 2.12. The minimum absolute atomic E-state index is 0.612. The number of rotatable bonds is 6. The Morgan fingerprint density at radius 2 is 1.19 bits per heavy atom. The van der Waals surface area contributed by atoms with E-state index in [1.807, 2.05) is 72.8 Å². The summed E-state index contributed by atoms with van der Waals surface area (Å²) in [5.74, 6) is 1.88. The number of benzene rings is 5. The van der Waals surface area contributed by atoms with Gasteiger partial charge in [0.2, 0.25) is 0 Å². The molecule has 5 aromatic carbocycles. The molecule has 2 aromatic heterocycles. The molecule has 0 aliphatic heterocycles. The van der Waals surface area contributed by atoms with E-state index in [1.54, 1.807) is 0 Å². The second kappa shape index (κ2) is 11.1. The minimum Gasteiger partial charge on any atom is -0.456 e. The molecule has 0 spiro atoms. The smallest absolute Gasteiger partial charge is 0.164 e. The summed E-state index contributed by atoms with van der Waals surface area (Å²) in [5, 5.41) is 2.02. The fourth-order valence-electron chi connectivity index (χ4n) is 5.16. The lowest BCUT2D eigenvalue weighted by Crippen LogP contribution is -2.00. The molecule has 0 fully saturated rings. The zero-order valence-corrected chi connectivity index (χ0v) is 23.1. The molecule has 7 rings (SSSR count). The van der Waals surface area contributed by atoms with Crippen LogP contribution in [0.15, 0.2) is 138 Å². The average Bonchev–Trinajstić information content (AvgIpc) is 3.42. The van der Waals surface area contributed by atoms with Crippen LogP contribution in [0.2, 0.25) is 0 Å². The van der Waals surface area contributed by atoms with E-state index >= 15 is 0 Å². The lowest BCUT2D eigenvalue weighted by atomic mass is 10.0. The summed E-state index contributed by atoms with van der Waals surface area (Å²) >= 11 is 0. The van der Waals surface area contributed by atoms with Gasteiger partial charge in [-0.05, 0) is 41.8 Å². The van der Waals surface area contributed by atoms with Gasteiger partial charge in [0.15, 0.2) is 17.5 Å². The largest absolute Gasteiger partial charge is 0.456 e. The van der Waals surface area contributed by atoms with Gasteiger partial charge >= 0.3 is 0 Å². The minimum atomic E-state index is 0.612. The van der Waals surface area contributed by atoms with E-state index in [2.05, 4.69) is 79.8 Å². The number of hydrogen-bond donors (Lipinski definition) is 0. The summed E-state index contributed by atoms with van der Waals surface area (Å²) < 4.78 is 6.35. The molecule has 0 saturated carbocycles. The molecule has 0 N–H and O–H groups in total. The Balaban J connectivity index is 1.31. The molecule has 0 atom stereocenters. The van der Waals surface area contributed by atoms with Crippen LogP contribution in [0.1, 0.15) is 16.7 Å². The Bertz CT molecular complexity index is 2030. The molecule has 4 nitrogen and oxygen atoms in total. The van der Waals surface area contributed by atoms with E-state index in [4.69, 9.17) is 19.4 Å². The number of aryl methyl sites for hydroxylation is 1. The standard InChI is InChI=1S/C38H27N3O/c1-26-13-8-10-15-28(26)16-11-9-14-27-23-24-31-34(25-27)42-33-22-12-21-32(35(31)33)38-40-36(29-17-4-2-5-18-29)39-37(41-38)30-19-6-3-7-20-30/h2-25H,1H3/b14-9+,16-11-. The van der Waals surface area contributed by atoms with E-state index in [0.29, 0.717) is 17.5 Å². The Kier molecular flexibility index (Phi) is 6.71. The van der Waals surface area contributed by atoms with Crippen molar-refractivity contribution in [1.82, 2.24) is 15.0 Å². The van der Waals surface area contributed by atoms with E-state index in [9.17, 15) is 0 Å². The number of allylic oxidation sites excluding steroid dienone is 2. The van der Waals surface area contributed by atoms with Gasteiger partial charge in [0, 0.05) is 27.5 Å². The number of aromatic nitrogens is 3. The van der Waals surface area contributed by atoms with Gasteiger partial charge in [0.25, 0.3) is 0 Å². The van der Waals surface area contributed by atoms with Gasteiger partial charge in [-0.2, -0.15) is 0 Å². The van der Waals surface area contributed by atoms with Crippen molar-refractivity contribution < 1.29 is 4.42 Å². The van der Waals surface area contributed by atoms with Crippen LogP contribution in [0.25, 0.3) is 68.3 Å². The molecule has 2 heterocycles. The van der Waals surface area contributed by atoms with Crippen molar-refractivity contribution in [3.63, 3.8) is 0 Å². The molecule has 200 valence electrons. The van der Waals surface area contributed by atoms with E-state index in [1.165, 1.54) is 11.1 Å². The Hall–Kier alpha value is -5.61. The summed E-state index contributed by atoms with van der Waals surface area (Å²) in [6.07, 6.45) is 8.34. The maximum Gasteiger partial charge on any atom is 0.164 e. The van der Waals surface area contributed by atoms with Crippen LogP contribution in [0.3, 0.4) is 0 Å². The SMILES string of the molecule is Cc1ccccc1/C=C\C=C\c1ccc2c(c1)oc1cccc(-c3nc(-c4ccccc4)nc(-c4ccccc4)n3)c12. The summed E-state index contributed by atoms with van der Waals surface area (Å²) in [6, 6.07) is 40.8. The predicted molar refractivity (Wildman–Crippen MR) is 173 cm³/mol. The maximum absolute atomic E-state index is 6.35. The van der Waals surface area contributed by atoms with Gasteiger partial charge in [0.05, 0.1) is 0 Å². The molecule has 0 unspecified atom stereocenters. The van der Waals surface area contributed by atoms with E-state index in [0.717, 1.165) is 44.2 Å². The Labute approximate surface area is 244 Å². The van der Waals surface area contributed by atoms with E-state index in [-0.39, 0.29) is 0 Å². The molecule has 0 saturated heterocycles. The molecular formula is C38H27N3O. The van der Waals surface area contributed by atoms with Crippen molar-refractivity contribution in [1.29, 1.82) is 0 Å². The van der Waals surface area contributed by atoms with Crippen molar-refractivity contribution in [3.8, 4) is 34.2 Å². The van der Waals surface area contributed by atoms with Crippen LogP contribution in [-0.2, 0) is 0 Å². The van der Waals surface area contributed by atoms with Crippen LogP contribution < -0.4 is 0 Å². The molecular weight excluding hydrogens is 514 g/mol. The normalized spacial score (nSPS) is 11.7. The zero-order valence-electron chi connectivity index (χ0n) is 23.1. The highest BCUT2D eigenvalue weighted by Crippen LogP contribution is 2.37. The molecule has 0 bridgehead atoms. The highest BCUT2D eigenvalue weighted by Gasteiger charge is 2.17. The Morgan fingerprint density at radius 1 is 0.548 bits per heavy atom. The molecule has 0 radical (unpaired) electrons. The van der Waals surface area contributed by atoms with Gasteiger partial charge in [-0.3, -0.25) is 0 Å². The van der Waals surface area contributed by atoms with Crippen molar-refractivity contribution in [2.24, 2.45) is 0 Å². The number of nitrogens with zero attached hydrogens (tertiary/aromatic N) is 3. The van der Waals surface area contributed by atoms with Gasteiger partial charge < -0.3 is 4.42 Å². The Morgan fingerprint density at radius 3 is 1.90 bits per heavy atom. The van der Waals surface area contributed by atoms with Crippen molar-refractivity contribution in [2.45, 2.75) is 6.92 Å². The van der Waals surface area contributed by atoms with Crippen LogP contribution in [0, 0.1) is 6.92 Å². The molecule has 0 aliphatic carbocycles. The number of furan rings is 1. The summed E-state index contributed by atoms with van der Waals surface area (Å²) in [5.41, 5.74) is 7.95. The fourth-order valence-corrected chi connectivity index (χ4v) is 5.16. The predicted octanol–water partition coefficient (Wildman–Crippen LogP) is 9.81. The van der Waals surface area contributed by atoms with Crippen LogP contribution in [0.4, 0.5) is 0 Å². The molecule has 0 amide bonds. The number of fused-ring (bicyclic) bond motifs is 3. The molecule has 4 heteroatoms. The molecule has 42 heavy (non-hydrogen) atoms. The molecule has 0 aliphatic rings. The molecule has 7 aromatic rings. The highest BCUT2D eigenvalue weighted by atomic mass is 16.3. The summed E-state index contributed by atoms with van der Waals surface area (Å²) in [4.78, 5) is 14.7. The first-order valence-corrected chi connectivity index (χ1v) is 14.0. The first-order valence-electron chi connectivity index (χ1n) is 14.0. The zero-order chi connectivity index (χ0) is 28.3. The van der Waals surface area contributed by atoms with Crippen molar-refractivity contribution in [3.05, 3.63) is 150 Å².